The molecular formula is C20H28BNO5. The number of rotatable bonds is 3. The van der Waals surface area contributed by atoms with Gasteiger partial charge in [-0.25, -0.2) is 0 Å². The lowest BCUT2D eigenvalue weighted by molar-refractivity contribution is -0.146. The van der Waals surface area contributed by atoms with E-state index in [4.69, 9.17) is 14.0 Å². The normalized spacial score (nSPS) is 22.0. The van der Waals surface area contributed by atoms with Gasteiger partial charge in [0, 0.05) is 18.7 Å². The number of carbonyl (C=O) groups is 2. The largest absolute Gasteiger partial charge is 0.494 e. The second-order valence-corrected chi connectivity index (χ2v) is 8.30. The minimum absolute atomic E-state index is 0.0150. The molecule has 2 aliphatic heterocycles. The Kier molecular flexibility index (Phi) is 5.37. The van der Waals surface area contributed by atoms with Crippen molar-refractivity contribution in [1.82, 2.24) is 4.90 Å². The molecule has 2 fully saturated rings. The lowest BCUT2D eigenvalue weighted by atomic mass is 9.79. The smallest absolute Gasteiger partial charge is 0.469 e. The van der Waals surface area contributed by atoms with Crippen LogP contribution in [-0.4, -0.2) is 55.3 Å². The SMILES string of the molecule is COC(=O)C1CCN(C(=O)c2ccc(B3OC(C)(C)C(C)(C)O3)cc2)CC1. The molecule has 1 aromatic rings. The van der Waals surface area contributed by atoms with Crippen LogP contribution in [0.4, 0.5) is 0 Å². The predicted octanol–water partition coefficient (Wildman–Crippen LogP) is 2.01. The zero-order chi connectivity index (χ0) is 19.8. The van der Waals surface area contributed by atoms with Crippen LogP contribution >= 0.6 is 0 Å². The van der Waals surface area contributed by atoms with E-state index >= 15 is 0 Å². The van der Waals surface area contributed by atoms with Crippen LogP contribution < -0.4 is 5.46 Å². The summed E-state index contributed by atoms with van der Waals surface area (Å²) < 4.78 is 16.9. The van der Waals surface area contributed by atoms with Crippen molar-refractivity contribution < 1.29 is 23.6 Å². The summed E-state index contributed by atoms with van der Waals surface area (Å²) in [6.07, 6.45) is 1.29. The first kappa shape index (κ1) is 19.9. The van der Waals surface area contributed by atoms with Crippen LogP contribution in [-0.2, 0) is 18.8 Å². The van der Waals surface area contributed by atoms with Crippen molar-refractivity contribution in [2.45, 2.75) is 51.7 Å². The first-order valence-corrected chi connectivity index (χ1v) is 9.47. The van der Waals surface area contributed by atoms with E-state index in [1.54, 1.807) is 4.90 Å². The maximum atomic E-state index is 12.7. The Labute approximate surface area is 161 Å². The molecule has 0 unspecified atom stereocenters. The molecule has 2 aliphatic rings. The summed E-state index contributed by atoms with van der Waals surface area (Å²) >= 11 is 0. The first-order chi connectivity index (χ1) is 12.6. The lowest BCUT2D eigenvalue weighted by Crippen LogP contribution is -2.41. The molecule has 6 nitrogen and oxygen atoms in total. The Bertz CT molecular complexity index is 692. The molecule has 0 aliphatic carbocycles. The van der Waals surface area contributed by atoms with Crippen molar-refractivity contribution >= 4 is 24.5 Å². The van der Waals surface area contributed by atoms with Crippen LogP contribution in [0.3, 0.4) is 0 Å². The Morgan fingerprint density at radius 3 is 2.04 bits per heavy atom. The highest BCUT2D eigenvalue weighted by molar-refractivity contribution is 6.62. The Morgan fingerprint density at radius 2 is 1.56 bits per heavy atom. The van der Waals surface area contributed by atoms with Crippen LogP contribution in [0.25, 0.3) is 0 Å². The van der Waals surface area contributed by atoms with Gasteiger partial charge in [0.25, 0.3) is 5.91 Å². The molecule has 0 bridgehead atoms. The zero-order valence-corrected chi connectivity index (χ0v) is 16.8. The van der Waals surface area contributed by atoms with Gasteiger partial charge in [-0.1, -0.05) is 12.1 Å². The number of piperidine rings is 1. The van der Waals surface area contributed by atoms with Crippen LogP contribution in [0.5, 0.6) is 0 Å². The number of carbonyl (C=O) groups excluding carboxylic acids is 2. The third-order valence-electron chi connectivity index (χ3n) is 6.00. The van der Waals surface area contributed by atoms with E-state index in [1.165, 1.54) is 7.11 Å². The fraction of sp³-hybridized carbons (Fsp3) is 0.600. The number of nitrogens with zero attached hydrogens (tertiary/aromatic N) is 1. The van der Waals surface area contributed by atoms with Gasteiger partial charge in [-0.05, 0) is 58.1 Å². The summed E-state index contributed by atoms with van der Waals surface area (Å²) in [6.45, 7) is 9.20. The highest BCUT2D eigenvalue weighted by Crippen LogP contribution is 2.36. The van der Waals surface area contributed by atoms with E-state index in [0.717, 1.165) is 5.46 Å². The van der Waals surface area contributed by atoms with Gasteiger partial charge in [0.05, 0.1) is 24.2 Å². The number of hydrogen-bond donors (Lipinski definition) is 0. The van der Waals surface area contributed by atoms with Gasteiger partial charge < -0.3 is 18.9 Å². The fourth-order valence-electron chi connectivity index (χ4n) is 3.43. The molecule has 146 valence electrons. The molecule has 1 amide bonds. The maximum absolute atomic E-state index is 12.7. The highest BCUT2D eigenvalue weighted by Gasteiger charge is 2.51. The summed E-state index contributed by atoms with van der Waals surface area (Å²) in [5.74, 6) is -0.308. The molecule has 1 aromatic carbocycles. The van der Waals surface area contributed by atoms with E-state index in [1.807, 2.05) is 52.0 Å². The van der Waals surface area contributed by atoms with Gasteiger partial charge in [0.1, 0.15) is 0 Å². The number of hydrogen-bond acceptors (Lipinski definition) is 5. The maximum Gasteiger partial charge on any atom is 0.494 e. The molecule has 0 N–H and O–H groups in total. The molecule has 3 rings (SSSR count). The minimum atomic E-state index is -0.435. The molecule has 0 atom stereocenters. The van der Waals surface area contributed by atoms with Crippen molar-refractivity contribution in [2.75, 3.05) is 20.2 Å². The van der Waals surface area contributed by atoms with Crippen molar-refractivity contribution in [3.05, 3.63) is 29.8 Å². The summed E-state index contributed by atoms with van der Waals surface area (Å²) in [5, 5.41) is 0. The zero-order valence-electron chi connectivity index (χ0n) is 16.8. The van der Waals surface area contributed by atoms with Gasteiger partial charge in [0.15, 0.2) is 0 Å². The molecule has 27 heavy (non-hydrogen) atoms. The molecule has 0 spiro atoms. The lowest BCUT2D eigenvalue weighted by Gasteiger charge is -2.32. The van der Waals surface area contributed by atoms with Gasteiger partial charge >= 0.3 is 13.1 Å². The number of amides is 1. The Balaban J connectivity index is 1.63. The first-order valence-electron chi connectivity index (χ1n) is 9.47. The minimum Gasteiger partial charge on any atom is -0.469 e. The summed E-state index contributed by atoms with van der Waals surface area (Å²) in [4.78, 5) is 26.1. The number of likely N-dealkylation sites (tertiary alicyclic amines) is 1. The monoisotopic (exact) mass is 373 g/mol. The van der Waals surface area contributed by atoms with Crippen LogP contribution in [0, 0.1) is 5.92 Å². The molecule has 0 aromatic heterocycles. The van der Waals surface area contributed by atoms with Crippen LogP contribution in [0.15, 0.2) is 24.3 Å². The average Bonchev–Trinajstić information content (AvgIpc) is 2.88. The number of ether oxygens (including phenoxy) is 1. The van der Waals surface area contributed by atoms with E-state index in [-0.39, 0.29) is 17.8 Å². The van der Waals surface area contributed by atoms with Gasteiger partial charge in [-0.15, -0.1) is 0 Å². The van der Waals surface area contributed by atoms with E-state index in [9.17, 15) is 9.59 Å². The van der Waals surface area contributed by atoms with E-state index in [2.05, 4.69) is 0 Å². The molecule has 0 radical (unpaired) electrons. The standard InChI is InChI=1S/C20H28BNO5/c1-19(2)20(3,4)27-21(26-19)16-8-6-14(7-9-16)17(23)22-12-10-15(11-13-22)18(24)25-5/h6-9,15H,10-13H2,1-5H3. The van der Waals surface area contributed by atoms with E-state index in [0.29, 0.717) is 31.5 Å². The van der Waals surface area contributed by atoms with Crippen molar-refractivity contribution in [3.63, 3.8) is 0 Å². The number of esters is 1. The van der Waals surface area contributed by atoms with Gasteiger partial charge in [0.2, 0.25) is 0 Å². The molecular weight excluding hydrogens is 345 g/mol. The summed E-state index contributed by atoms with van der Waals surface area (Å²) in [5.41, 5.74) is 0.744. The number of methoxy groups -OCH3 is 1. The predicted molar refractivity (Wildman–Crippen MR) is 103 cm³/mol. The van der Waals surface area contributed by atoms with Crippen molar-refractivity contribution in [1.29, 1.82) is 0 Å². The molecule has 7 heteroatoms. The second kappa shape index (κ2) is 7.28. The van der Waals surface area contributed by atoms with Crippen LogP contribution in [0.1, 0.15) is 50.9 Å². The molecule has 0 saturated carbocycles. The third-order valence-corrected chi connectivity index (χ3v) is 6.00. The second-order valence-electron chi connectivity index (χ2n) is 8.30. The quantitative estimate of drug-likeness (QED) is 0.599. The molecule has 2 heterocycles. The Morgan fingerprint density at radius 1 is 1.04 bits per heavy atom. The van der Waals surface area contributed by atoms with Gasteiger partial charge in [-0.3, -0.25) is 9.59 Å². The van der Waals surface area contributed by atoms with Crippen LogP contribution in [0.2, 0.25) is 0 Å². The fourth-order valence-corrected chi connectivity index (χ4v) is 3.43. The van der Waals surface area contributed by atoms with Gasteiger partial charge in [-0.2, -0.15) is 0 Å². The van der Waals surface area contributed by atoms with Crippen molar-refractivity contribution in [2.24, 2.45) is 5.92 Å². The highest BCUT2D eigenvalue weighted by atomic mass is 16.7. The topological polar surface area (TPSA) is 65.1 Å². The molecule has 2 saturated heterocycles. The summed E-state index contributed by atoms with van der Waals surface area (Å²) in [6, 6.07) is 7.40. The number of benzene rings is 1. The summed E-state index contributed by atoms with van der Waals surface area (Å²) in [7, 11) is 0.969. The average molecular weight is 373 g/mol. The van der Waals surface area contributed by atoms with Crippen molar-refractivity contribution in [3.8, 4) is 0 Å². The van der Waals surface area contributed by atoms with E-state index < -0.39 is 18.3 Å². The third kappa shape index (κ3) is 3.89. The Hall–Kier alpha value is -1.86.